The maximum atomic E-state index is 12.5. The monoisotopic (exact) mass is 307 g/mol. The maximum Gasteiger partial charge on any atom is 0.241 e. The Kier molecular flexibility index (Phi) is 5.24. The molecule has 124 valence electrons. The van der Waals surface area contributed by atoms with E-state index >= 15 is 0 Å². The third-order valence-electron chi connectivity index (χ3n) is 5.19. The SMILES string of the molecule is CCN(C)C1(CNC(=O)[C@@H](N)c2c(C)n[nH]c2C)CCCC1. The fourth-order valence-corrected chi connectivity index (χ4v) is 3.57. The third kappa shape index (κ3) is 3.17. The molecule has 0 saturated heterocycles. The molecule has 0 unspecified atom stereocenters. The van der Waals surface area contributed by atoms with Gasteiger partial charge in [0.15, 0.2) is 0 Å². The lowest BCUT2D eigenvalue weighted by Gasteiger charge is -2.38. The van der Waals surface area contributed by atoms with Gasteiger partial charge in [-0.25, -0.2) is 0 Å². The first-order chi connectivity index (χ1) is 10.4. The van der Waals surface area contributed by atoms with Gasteiger partial charge in [0.25, 0.3) is 0 Å². The first kappa shape index (κ1) is 17.0. The van der Waals surface area contributed by atoms with Crippen molar-refractivity contribution in [3.63, 3.8) is 0 Å². The Morgan fingerprint density at radius 2 is 2.09 bits per heavy atom. The quantitative estimate of drug-likeness (QED) is 0.741. The van der Waals surface area contributed by atoms with E-state index in [1.165, 1.54) is 12.8 Å². The standard InChI is InChI=1S/C16H29N5O/c1-5-21(4)16(8-6-7-9-16)10-18-15(22)14(17)13-11(2)19-20-12(13)3/h14H,5-10,17H2,1-4H3,(H,18,22)(H,19,20)/t14-/m0/s1. The van der Waals surface area contributed by atoms with E-state index in [0.29, 0.717) is 6.54 Å². The summed E-state index contributed by atoms with van der Waals surface area (Å²) in [5, 5.41) is 10.1. The molecule has 4 N–H and O–H groups in total. The fraction of sp³-hybridized carbons (Fsp3) is 0.750. The lowest BCUT2D eigenvalue weighted by molar-refractivity contribution is -0.123. The summed E-state index contributed by atoms with van der Waals surface area (Å²) in [7, 11) is 2.14. The normalized spacial score (nSPS) is 18.6. The average Bonchev–Trinajstić information content (AvgIpc) is 3.11. The summed E-state index contributed by atoms with van der Waals surface area (Å²) in [6, 6.07) is -0.663. The molecule has 0 bridgehead atoms. The first-order valence-electron chi connectivity index (χ1n) is 8.17. The Hall–Kier alpha value is -1.40. The second-order valence-electron chi connectivity index (χ2n) is 6.49. The fourth-order valence-electron chi connectivity index (χ4n) is 3.57. The number of nitrogens with zero attached hydrogens (tertiary/aromatic N) is 2. The van der Waals surface area contributed by atoms with E-state index in [1.807, 2.05) is 13.8 Å². The maximum absolute atomic E-state index is 12.5. The summed E-state index contributed by atoms with van der Waals surface area (Å²) >= 11 is 0. The first-order valence-corrected chi connectivity index (χ1v) is 8.17. The minimum Gasteiger partial charge on any atom is -0.353 e. The number of amides is 1. The molecule has 2 rings (SSSR count). The molecular formula is C16H29N5O. The van der Waals surface area contributed by atoms with Gasteiger partial charge in [-0.2, -0.15) is 5.10 Å². The number of likely N-dealkylation sites (N-methyl/N-ethyl adjacent to an activating group) is 1. The molecule has 1 aromatic rings. The van der Waals surface area contributed by atoms with Crippen LogP contribution in [0.15, 0.2) is 0 Å². The highest BCUT2D eigenvalue weighted by molar-refractivity contribution is 5.83. The van der Waals surface area contributed by atoms with Gasteiger partial charge in [-0.05, 0) is 40.3 Å². The summed E-state index contributed by atoms with van der Waals surface area (Å²) in [4.78, 5) is 14.8. The van der Waals surface area contributed by atoms with Crippen LogP contribution >= 0.6 is 0 Å². The van der Waals surface area contributed by atoms with Crippen molar-refractivity contribution in [1.29, 1.82) is 0 Å². The largest absolute Gasteiger partial charge is 0.353 e. The Morgan fingerprint density at radius 3 is 2.59 bits per heavy atom. The number of nitrogens with one attached hydrogen (secondary N) is 2. The van der Waals surface area contributed by atoms with Crippen LogP contribution in [0.25, 0.3) is 0 Å². The molecule has 1 aliphatic carbocycles. The minimum atomic E-state index is -0.663. The molecule has 1 aromatic heterocycles. The molecule has 1 fully saturated rings. The Morgan fingerprint density at radius 1 is 1.45 bits per heavy atom. The zero-order valence-corrected chi connectivity index (χ0v) is 14.2. The second kappa shape index (κ2) is 6.79. The van der Waals surface area contributed by atoms with E-state index in [2.05, 4.69) is 34.4 Å². The van der Waals surface area contributed by atoms with Crippen LogP contribution in [0.4, 0.5) is 0 Å². The Labute approximate surface area is 132 Å². The van der Waals surface area contributed by atoms with Crippen molar-refractivity contribution >= 4 is 5.91 Å². The Bertz CT molecular complexity index is 499. The highest BCUT2D eigenvalue weighted by Crippen LogP contribution is 2.34. The third-order valence-corrected chi connectivity index (χ3v) is 5.19. The molecule has 0 radical (unpaired) electrons. The molecule has 6 heteroatoms. The van der Waals surface area contributed by atoms with Crippen LogP contribution in [0.2, 0.25) is 0 Å². The van der Waals surface area contributed by atoms with Gasteiger partial charge in [0, 0.05) is 23.3 Å². The summed E-state index contributed by atoms with van der Waals surface area (Å²) in [6.07, 6.45) is 4.73. The minimum absolute atomic E-state index is 0.0879. The highest BCUT2D eigenvalue weighted by Gasteiger charge is 2.37. The number of H-pyrrole nitrogens is 1. The number of nitrogens with two attached hydrogens (primary N) is 1. The molecule has 1 amide bonds. The summed E-state index contributed by atoms with van der Waals surface area (Å²) in [5.74, 6) is -0.122. The highest BCUT2D eigenvalue weighted by atomic mass is 16.2. The van der Waals surface area contributed by atoms with Gasteiger partial charge < -0.3 is 11.1 Å². The van der Waals surface area contributed by atoms with Gasteiger partial charge in [0.05, 0.1) is 5.69 Å². The lowest BCUT2D eigenvalue weighted by atomic mass is 9.95. The van der Waals surface area contributed by atoms with Crippen molar-refractivity contribution in [3.8, 4) is 0 Å². The molecule has 1 atom stereocenters. The molecule has 6 nitrogen and oxygen atoms in total. The van der Waals surface area contributed by atoms with Crippen molar-refractivity contribution in [2.75, 3.05) is 20.1 Å². The van der Waals surface area contributed by atoms with Crippen molar-refractivity contribution < 1.29 is 4.79 Å². The van der Waals surface area contributed by atoms with Gasteiger partial charge in [-0.1, -0.05) is 19.8 Å². The molecule has 1 saturated carbocycles. The lowest BCUT2D eigenvalue weighted by Crippen LogP contribution is -2.53. The van der Waals surface area contributed by atoms with Crippen LogP contribution in [0.1, 0.15) is 55.6 Å². The van der Waals surface area contributed by atoms with Gasteiger partial charge in [0.2, 0.25) is 5.91 Å². The molecule has 0 aromatic carbocycles. The van der Waals surface area contributed by atoms with Crippen molar-refractivity contribution in [3.05, 3.63) is 17.0 Å². The number of aromatic amines is 1. The van der Waals surface area contributed by atoms with E-state index in [4.69, 9.17) is 5.73 Å². The Balaban J connectivity index is 2.02. The summed E-state index contributed by atoms with van der Waals surface area (Å²) < 4.78 is 0. The predicted molar refractivity (Wildman–Crippen MR) is 87.5 cm³/mol. The summed E-state index contributed by atoms with van der Waals surface area (Å²) in [6.45, 7) is 7.58. The van der Waals surface area contributed by atoms with Gasteiger partial charge in [0.1, 0.15) is 6.04 Å². The van der Waals surface area contributed by atoms with Crippen molar-refractivity contribution in [2.24, 2.45) is 5.73 Å². The van der Waals surface area contributed by atoms with E-state index in [-0.39, 0.29) is 11.4 Å². The predicted octanol–water partition coefficient (Wildman–Crippen LogP) is 1.41. The van der Waals surface area contributed by atoms with Crippen LogP contribution in [-0.2, 0) is 4.79 Å². The van der Waals surface area contributed by atoms with Crippen LogP contribution < -0.4 is 11.1 Å². The number of aryl methyl sites for hydroxylation is 2. The van der Waals surface area contributed by atoms with Gasteiger partial charge >= 0.3 is 0 Å². The van der Waals surface area contributed by atoms with E-state index < -0.39 is 6.04 Å². The molecule has 0 aliphatic heterocycles. The molecule has 1 aliphatic rings. The van der Waals surface area contributed by atoms with E-state index in [9.17, 15) is 4.79 Å². The van der Waals surface area contributed by atoms with Gasteiger partial charge in [-0.15, -0.1) is 0 Å². The van der Waals surface area contributed by atoms with E-state index in [0.717, 1.165) is 36.3 Å². The number of rotatable bonds is 6. The number of aromatic nitrogens is 2. The van der Waals surface area contributed by atoms with Gasteiger partial charge in [-0.3, -0.25) is 14.8 Å². The molecule has 1 heterocycles. The van der Waals surface area contributed by atoms with Crippen molar-refractivity contribution in [2.45, 2.75) is 58.0 Å². The molecular weight excluding hydrogens is 278 g/mol. The second-order valence-corrected chi connectivity index (χ2v) is 6.49. The van der Waals surface area contributed by atoms with Crippen LogP contribution in [-0.4, -0.2) is 46.7 Å². The van der Waals surface area contributed by atoms with Crippen LogP contribution in [0, 0.1) is 13.8 Å². The van der Waals surface area contributed by atoms with Crippen LogP contribution in [0.5, 0.6) is 0 Å². The number of carbonyl (C=O) groups excluding carboxylic acids is 1. The zero-order chi connectivity index (χ0) is 16.3. The van der Waals surface area contributed by atoms with E-state index in [1.54, 1.807) is 0 Å². The number of hydrogen-bond donors (Lipinski definition) is 3. The molecule has 0 spiro atoms. The zero-order valence-electron chi connectivity index (χ0n) is 14.2. The van der Waals surface area contributed by atoms with Crippen molar-refractivity contribution in [1.82, 2.24) is 20.4 Å². The topological polar surface area (TPSA) is 87.0 Å². The average molecular weight is 307 g/mol. The smallest absolute Gasteiger partial charge is 0.241 e. The number of carbonyl (C=O) groups is 1. The number of hydrogen-bond acceptors (Lipinski definition) is 4. The summed E-state index contributed by atoms with van der Waals surface area (Å²) in [5.41, 5.74) is 8.69. The molecule has 22 heavy (non-hydrogen) atoms. The van der Waals surface area contributed by atoms with Crippen LogP contribution in [0.3, 0.4) is 0 Å².